The third kappa shape index (κ3) is 5.53. The lowest BCUT2D eigenvalue weighted by atomic mass is 10.1. The van der Waals surface area contributed by atoms with E-state index in [9.17, 15) is 9.59 Å². The molecule has 1 amide bonds. The average Bonchev–Trinajstić information content (AvgIpc) is 3.03. The summed E-state index contributed by atoms with van der Waals surface area (Å²) in [6, 6.07) is 8.64. The van der Waals surface area contributed by atoms with E-state index in [-0.39, 0.29) is 25.0 Å². The Kier molecular flexibility index (Phi) is 6.45. The molecule has 1 aromatic heterocycles. The van der Waals surface area contributed by atoms with Crippen LogP contribution in [0.5, 0.6) is 0 Å². The molecular formula is C16H15Cl2NO3S. The molecule has 1 heterocycles. The van der Waals surface area contributed by atoms with Crippen molar-refractivity contribution in [3.05, 3.63) is 56.2 Å². The summed E-state index contributed by atoms with van der Waals surface area (Å²) in [6.07, 6.45) is 0.0324. The van der Waals surface area contributed by atoms with Crippen LogP contribution in [-0.4, -0.2) is 18.5 Å². The average molecular weight is 372 g/mol. The monoisotopic (exact) mass is 371 g/mol. The van der Waals surface area contributed by atoms with Crippen molar-refractivity contribution in [2.45, 2.75) is 19.4 Å². The van der Waals surface area contributed by atoms with E-state index in [4.69, 9.17) is 27.9 Å². The summed E-state index contributed by atoms with van der Waals surface area (Å²) in [5.74, 6) is -0.837. The largest absolute Gasteiger partial charge is 0.455 e. The molecule has 7 heteroatoms. The molecule has 0 spiro atoms. The molecular weight excluding hydrogens is 357 g/mol. The highest BCUT2D eigenvalue weighted by atomic mass is 35.5. The first-order chi connectivity index (χ1) is 11.0. The first-order valence-corrected chi connectivity index (χ1v) is 8.51. The molecule has 0 aliphatic rings. The van der Waals surface area contributed by atoms with Crippen LogP contribution in [0, 0.1) is 0 Å². The Hall–Kier alpha value is -1.56. The number of ether oxygens (including phenoxy) is 1. The van der Waals surface area contributed by atoms with Crippen molar-refractivity contribution in [3.8, 4) is 0 Å². The minimum Gasteiger partial charge on any atom is -0.455 e. The lowest BCUT2D eigenvalue weighted by Gasteiger charge is -2.12. The van der Waals surface area contributed by atoms with Crippen LogP contribution in [0.4, 0.5) is 0 Å². The fourth-order valence-electron chi connectivity index (χ4n) is 1.91. The Balaban J connectivity index is 1.77. The number of hydrogen-bond acceptors (Lipinski definition) is 4. The van der Waals surface area contributed by atoms with E-state index in [1.165, 1.54) is 0 Å². The van der Waals surface area contributed by atoms with Gasteiger partial charge in [0.2, 0.25) is 0 Å². The Bertz CT molecular complexity index is 689. The van der Waals surface area contributed by atoms with Crippen LogP contribution in [0.15, 0.2) is 35.7 Å². The molecule has 122 valence electrons. The van der Waals surface area contributed by atoms with Gasteiger partial charge in [0.25, 0.3) is 5.91 Å². The standard InChI is InChI=1S/C16H15Cl2NO3S/c1-10(14-3-2-6-23-14)19-15(20)9-22-16(21)8-11-4-5-12(17)13(18)7-11/h2-7,10H,8-9H2,1H3,(H,19,20)/t10-/m1/s1. The molecule has 0 radical (unpaired) electrons. The zero-order chi connectivity index (χ0) is 16.8. The van der Waals surface area contributed by atoms with Gasteiger partial charge in [-0.3, -0.25) is 9.59 Å². The number of hydrogen-bond donors (Lipinski definition) is 1. The number of benzene rings is 1. The maximum absolute atomic E-state index is 11.8. The maximum Gasteiger partial charge on any atom is 0.310 e. The second-order valence-corrected chi connectivity index (χ2v) is 6.68. The number of rotatable bonds is 6. The van der Waals surface area contributed by atoms with E-state index in [0.29, 0.717) is 15.6 Å². The number of carbonyl (C=O) groups is 2. The van der Waals surface area contributed by atoms with Gasteiger partial charge >= 0.3 is 5.97 Å². The second kappa shape index (κ2) is 8.34. The fraction of sp³-hybridized carbons (Fsp3) is 0.250. The van der Waals surface area contributed by atoms with E-state index < -0.39 is 5.97 Å². The molecule has 0 bridgehead atoms. The zero-order valence-electron chi connectivity index (χ0n) is 12.3. The summed E-state index contributed by atoms with van der Waals surface area (Å²) in [7, 11) is 0. The molecule has 2 rings (SSSR count). The molecule has 1 atom stereocenters. The van der Waals surface area contributed by atoms with Crippen LogP contribution in [0.1, 0.15) is 23.4 Å². The van der Waals surface area contributed by atoms with Gasteiger partial charge < -0.3 is 10.1 Å². The molecule has 0 aliphatic heterocycles. The Morgan fingerprint density at radius 1 is 1.26 bits per heavy atom. The van der Waals surface area contributed by atoms with Gasteiger partial charge in [0.1, 0.15) is 0 Å². The second-order valence-electron chi connectivity index (χ2n) is 4.89. The Morgan fingerprint density at radius 3 is 2.70 bits per heavy atom. The van der Waals surface area contributed by atoms with Crippen LogP contribution < -0.4 is 5.32 Å². The molecule has 4 nitrogen and oxygen atoms in total. The zero-order valence-corrected chi connectivity index (χ0v) is 14.7. The molecule has 0 fully saturated rings. The summed E-state index contributed by atoms with van der Waals surface area (Å²) >= 11 is 13.3. The first kappa shape index (κ1) is 17.8. The normalized spacial score (nSPS) is 11.8. The predicted molar refractivity (Wildman–Crippen MR) is 92.0 cm³/mol. The van der Waals surface area contributed by atoms with Gasteiger partial charge in [-0.2, -0.15) is 0 Å². The van der Waals surface area contributed by atoms with Crippen molar-refractivity contribution in [2.24, 2.45) is 0 Å². The van der Waals surface area contributed by atoms with Crippen LogP contribution in [0.3, 0.4) is 0 Å². The highest BCUT2D eigenvalue weighted by Gasteiger charge is 2.13. The first-order valence-electron chi connectivity index (χ1n) is 6.88. The number of carbonyl (C=O) groups excluding carboxylic acids is 2. The molecule has 1 N–H and O–H groups in total. The molecule has 0 unspecified atom stereocenters. The minimum absolute atomic E-state index is 0.0324. The van der Waals surface area contributed by atoms with Gasteiger partial charge in [0.05, 0.1) is 22.5 Å². The highest BCUT2D eigenvalue weighted by Crippen LogP contribution is 2.23. The lowest BCUT2D eigenvalue weighted by molar-refractivity contribution is -0.148. The number of nitrogens with one attached hydrogen (secondary N) is 1. The highest BCUT2D eigenvalue weighted by molar-refractivity contribution is 7.10. The summed E-state index contributed by atoms with van der Waals surface area (Å²) in [6.45, 7) is 1.57. The van der Waals surface area contributed by atoms with E-state index in [1.54, 1.807) is 29.5 Å². The smallest absolute Gasteiger partial charge is 0.310 e. The van der Waals surface area contributed by atoms with Crippen LogP contribution >= 0.6 is 34.5 Å². The van der Waals surface area contributed by atoms with Crippen LogP contribution in [0.25, 0.3) is 0 Å². The molecule has 23 heavy (non-hydrogen) atoms. The van der Waals surface area contributed by atoms with Crippen molar-refractivity contribution in [3.63, 3.8) is 0 Å². The van der Waals surface area contributed by atoms with Gasteiger partial charge in [-0.05, 0) is 36.1 Å². The van der Waals surface area contributed by atoms with Gasteiger partial charge in [-0.15, -0.1) is 11.3 Å². The third-order valence-electron chi connectivity index (χ3n) is 3.04. The summed E-state index contributed by atoms with van der Waals surface area (Å²) in [5, 5.41) is 5.51. The number of halogens is 2. The van der Waals surface area contributed by atoms with Crippen molar-refractivity contribution in [1.82, 2.24) is 5.32 Å². The summed E-state index contributed by atoms with van der Waals surface area (Å²) < 4.78 is 4.97. The molecule has 0 aliphatic carbocycles. The molecule has 2 aromatic rings. The number of amides is 1. The lowest BCUT2D eigenvalue weighted by Crippen LogP contribution is -2.31. The fourth-order valence-corrected chi connectivity index (χ4v) is 2.96. The van der Waals surface area contributed by atoms with Gasteiger partial charge in [-0.25, -0.2) is 0 Å². The maximum atomic E-state index is 11.8. The van der Waals surface area contributed by atoms with Crippen LogP contribution in [0.2, 0.25) is 10.0 Å². The Labute approximate surface area is 148 Å². The Morgan fingerprint density at radius 2 is 2.04 bits per heavy atom. The third-order valence-corrected chi connectivity index (χ3v) is 4.84. The van der Waals surface area contributed by atoms with Gasteiger partial charge in [0.15, 0.2) is 6.61 Å². The number of esters is 1. The quantitative estimate of drug-likeness (QED) is 0.780. The van der Waals surface area contributed by atoms with E-state index in [1.807, 2.05) is 24.4 Å². The van der Waals surface area contributed by atoms with Gasteiger partial charge in [0, 0.05) is 4.88 Å². The predicted octanol–water partition coefficient (Wildman–Crippen LogP) is 4.02. The van der Waals surface area contributed by atoms with Crippen molar-refractivity contribution < 1.29 is 14.3 Å². The molecule has 1 aromatic carbocycles. The van der Waals surface area contributed by atoms with Crippen molar-refractivity contribution >= 4 is 46.4 Å². The SMILES string of the molecule is C[C@@H](NC(=O)COC(=O)Cc1ccc(Cl)c(Cl)c1)c1cccs1. The summed E-state index contributed by atoms with van der Waals surface area (Å²) in [5.41, 5.74) is 0.678. The van der Waals surface area contributed by atoms with E-state index >= 15 is 0 Å². The molecule has 0 saturated heterocycles. The van der Waals surface area contributed by atoms with Crippen LogP contribution in [-0.2, 0) is 20.7 Å². The number of thiophene rings is 1. The van der Waals surface area contributed by atoms with Crippen molar-refractivity contribution in [2.75, 3.05) is 6.61 Å². The molecule has 0 saturated carbocycles. The summed E-state index contributed by atoms with van der Waals surface area (Å²) in [4.78, 5) is 24.6. The van der Waals surface area contributed by atoms with Gasteiger partial charge in [-0.1, -0.05) is 35.3 Å². The van der Waals surface area contributed by atoms with E-state index in [0.717, 1.165) is 4.88 Å². The topological polar surface area (TPSA) is 55.4 Å². The van der Waals surface area contributed by atoms with Crippen molar-refractivity contribution in [1.29, 1.82) is 0 Å². The van der Waals surface area contributed by atoms with E-state index in [2.05, 4.69) is 5.32 Å². The minimum atomic E-state index is -0.498.